The number of nitrogens with one attached hydrogen (secondary N) is 4. The maximum absolute atomic E-state index is 15.6. The highest BCUT2D eigenvalue weighted by Gasteiger charge is 2.45. The number of likely N-dealkylation sites (tertiary alicyclic amines) is 1. The molecule has 5 N–H and O–H groups in total. The number of fused-ring (bicyclic) bond motifs is 2. The highest BCUT2D eigenvalue weighted by molar-refractivity contribution is 7.89. The molecule has 0 unspecified atom stereocenters. The molecule has 420 valence electrons. The number of aryl methyl sites for hydroxylation is 2. The molecule has 0 spiro atoms. The van der Waals surface area contributed by atoms with Crippen LogP contribution in [0.1, 0.15) is 79.2 Å². The number of nitrogens with zero attached hydrogens (tertiary/aromatic N) is 7. The SMILES string of the molecule is Cc1ncsc1-c1ccc(CNC(=O)[C@@H]2C[C@@H](O)CN2C(=O)[C@@H](NC(=O)CN2CCN(CCCCCNC(=O)c3cc4c(cc3CS(C)(=O)=O)-c3cn(C)c(=O)c5[nH]cc(c35)CN4c3ncc(F)cc3F)CC2)C(C)(C)C)cc1. The normalized spacial score (nSPS) is 17.4. The molecule has 0 saturated carbocycles. The summed E-state index contributed by atoms with van der Waals surface area (Å²) in [5, 5.41) is 20.1. The summed E-state index contributed by atoms with van der Waals surface area (Å²) in [6, 6.07) is 9.82. The van der Waals surface area contributed by atoms with E-state index < -0.39 is 62.6 Å². The van der Waals surface area contributed by atoms with E-state index >= 15 is 4.39 Å². The molecule has 6 aromatic rings. The fourth-order valence-corrected chi connectivity index (χ4v) is 12.4. The van der Waals surface area contributed by atoms with Crippen LogP contribution in [-0.4, -0.2) is 148 Å². The van der Waals surface area contributed by atoms with Crippen LogP contribution < -0.4 is 26.4 Å². The van der Waals surface area contributed by atoms with Gasteiger partial charge in [-0.05, 0) is 66.1 Å². The van der Waals surface area contributed by atoms with Crippen molar-refractivity contribution in [1.29, 1.82) is 0 Å². The maximum Gasteiger partial charge on any atom is 0.274 e. The second-order valence-electron chi connectivity index (χ2n) is 22.0. The number of unbranched alkanes of at least 4 members (excludes halogenated alkanes) is 2. The number of anilines is 2. The number of halogens is 2. The lowest BCUT2D eigenvalue weighted by Crippen LogP contribution is -2.59. The number of benzene rings is 2. The number of aromatic amines is 1. The molecule has 3 atom stereocenters. The third-order valence-electron chi connectivity index (χ3n) is 14.9. The Morgan fingerprint density at radius 2 is 1.70 bits per heavy atom. The van der Waals surface area contributed by atoms with E-state index in [1.807, 2.05) is 56.9 Å². The molecule has 2 saturated heterocycles. The van der Waals surface area contributed by atoms with Crippen molar-refractivity contribution < 1.29 is 41.5 Å². The molecule has 19 nitrogen and oxygen atoms in total. The second kappa shape index (κ2) is 23.4. The third-order valence-corrected chi connectivity index (χ3v) is 16.7. The number of rotatable bonds is 18. The Bertz CT molecular complexity index is 3460. The smallest absolute Gasteiger partial charge is 0.274 e. The molecule has 7 heterocycles. The summed E-state index contributed by atoms with van der Waals surface area (Å²) in [5.41, 5.74) is 6.14. The number of hydrogen-bond donors (Lipinski definition) is 5. The van der Waals surface area contributed by atoms with Gasteiger partial charge in [0.2, 0.25) is 17.7 Å². The third kappa shape index (κ3) is 12.9. The van der Waals surface area contributed by atoms with E-state index in [0.29, 0.717) is 58.9 Å². The molecular weight excluding hydrogens is 1060 g/mol. The Kier molecular flexibility index (Phi) is 16.8. The molecule has 2 fully saturated rings. The molecule has 79 heavy (non-hydrogen) atoms. The molecule has 0 bridgehead atoms. The second-order valence-corrected chi connectivity index (χ2v) is 25.0. The van der Waals surface area contributed by atoms with Gasteiger partial charge in [0.15, 0.2) is 21.5 Å². The highest BCUT2D eigenvalue weighted by atomic mass is 32.2. The number of aliphatic hydroxyl groups excluding tert-OH is 1. The molecule has 0 aliphatic carbocycles. The average molecular weight is 1120 g/mol. The van der Waals surface area contributed by atoms with Crippen LogP contribution in [0.25, 0.3) is 32.5 Å². The number of carbonyl (C=O) groups is 4. The fourth-order valence-electron chi connectivity index (χ4n) is 10.8. The molecular formula is C56H67F2N11O8S2. The van der Waals surface area contributed by atoms with E-state index in [1.165, 1.54) is 20.4 Å². The number of hydrogen-bond acceptors (Lipinski definition) is 14. The van der Waals surface area contributed by atoms with Crippen molar-refractivity contribution in [3.05, 3.63) is 117 Å². The maximum atomic E-state index is 15.6. The van der Waals surface area contributed by atoms with Gasteiger partial charge in [0.1, 0.15) is 23.4 Å². The van der Waals surface area contributed by atoms with Crippen molar-refractivity contribution in [2.45, 2.75) is 90.4 Å². The van der Waals surface area contributed by atoms with E-state index in [2.05, 4.69) is 35.8 Å². The summed E-state index contributed by atoms with van der Waals surface area (Å²) in [4.78, 5) is 88.4. The first-order valence-electron chi connectivity index (χ1n) is 26.4. The number of β-amino-alcohol motifs (C(OH)–C–C–N with tert-alkyl or cyclic N) is 1. The zero-order chi connectivity index (χ0) is 56.5. The number of pyridine rings is 2. The van der Waals surface area contributed by atoms with Gasteiger partial charge in [0, 0.05) is 106 Å². The predicted molar refractivity (Wildman–Crippen MR) is 298 cm³/mol. The van der Waals surface area contributed by atoms with Gasteiger partial charge in [-0.15, -0.1) is 11.3 Å². The largest absolute Gasteiger partial charge is 0.391 e. The van der Waals surface area contributed by atoms with Crippen LogP contribution in [0.3, 0.4) is 0 Å². The monoisotopic (exact) mass is 1120 g/mol. The standard InChI is InChI=1S/C56H67F2N11O8S2/c1-33-49(78-32-63-33)35-12-10-34(11-13-35)24-62-53(73)45-22-39(70)28-69(45)55(75)50(56(2,3)4)64-46(71)30-67-18-16-66(17-19-67)15-9-7-8-14-59-52(72)40-23-44-41(20-36(40)31-79(6,76)77)42-29-65(5)54(74)48-47(42)37(25-60-48)27-68(44)51-43(58)21-38(57)26-61-51/h10-13,20-21,23,25-26,29,32,39,45,50,60,70H,7-9,14-19,22,24,27-28,30-31H2,1-6H3,(H,59,72)(H,62,73)(H,64,71)/t39-,45+,50-/m1/s1. The minimum absolute atomic E-state index is 0.0106. The first-order valence-corrected chi connectivity index (χ1v) is 29.4. The zero-order valence-electron chi connectivity index (χ0n) is 45.2. The van der Waals surface area contributed by atoms with E-state index in [0.717, 1.165) is 66.6 Å². The molecule has 2 aromatic carbocycles. The van der Waals surface area contributed by atoms with Crippen LogP contribution in [0.4, 0.5) is 20.3 Å². The van der Waals surface area contributed by atoms with Crippen LogP contribution in [0.15, 0.2) is 71.4 Å². The number of aliphatic hydroxyl groups is 1. The van der Waals surface area contributed by atoms with E-state index in [-0.39, 0.29) is 73.5 Å². The summed E-state index contributed by atoms with van der Waals surface area (Å²) in [6.45, 7) is 11.6. The van der Waals surface area contributed by atoms with E-state index in [1.54, 1.807) is 42.4 Å². The van der Waals surface area contributed by atoms with Crippen molar-refractivity contribution in [1.82, 2.24) is 50.2 Å². The van der Waals surface area contributed by atoms with Gasteiger partial charge < -0.3 is 45.3 Å². The number of carbonyl (C=O) groups excluding carboxylic acids is 4. The van der Waals surface area contributed by atoms with Crippen molar-refractivity contribution in [2.24, 2.45) is 12.5 Å². The van der Waals surface area contributed by atoms with Crippen LogP contribution in [0.2, 0.25) is 0 Å². The van der Waals surface area contributed by atoms with Gasteiger partial charge in [-0.1, -0.05) is 51.5 Å². The minimum Gasteiger partial charge on any atom is -0.391 e. The Morgan fingerprint density at radius 1 is 0.962 bits per heavy atom. The number of aromatic nitrogens is 4. The van der Waals surface area contributed by atoms with Crippen LogP contribution in [0.5, 0.6) is 0 Å². The molecule has 3 aliphatic heterocycles. The lowest BCUT2D eigenvalue weighted by molar-refractivity contribution is -0.144. The Hall–Kier alpha value is -6.92. The topological polar surface area (TPSA) is 235 Å². The van der Waals surface area contributed by atoms with Gasteiger partial charge in [-0.3, -0.25) is 28.9 Å². The van der Waals surface area contributed by atoms with E-state index in [9.17, 15) is 41.9 Å². The number of amides is 4. The van der Waals surface area contributed by atoms with Crippen LogP contribution in [0, 0.1) is 24.0 Å². The fraction of sp³-hybridized carbons (Fsp3) is 0.446. The van der Waals surface area contributed by atoms with Crippen molar-refractivity contribution in [2.75, 3.05) is 63.5 Å². The summed E-state index contributed by atoms with van der Waals surface area (Å²) < 4.78 is 56.8. The van der Waals surface area contributed by atoms with Crippen LogP contribution >= 0.6 is 11.3 Å². The predicted octanol–water partition coefficient (Wildman–Crippen LogP) is 5.16. The van der Waals surface area contributed by atoms with Gasteiger partial charge in [-0.25, -0.2) is 27.2 Å². The quantitative estimate of drug-likeness (QED) is 0.0701. The number of piperazine rings is 1. The molecule has 23 heteroatoms. The first kappa shape index (κ1) is 56.8. The van der Waals surface area contributed by atoms with Gasteiger partial charge >= 0.3 is 0 Å². The molecule has 4 amide bonds. The van der Waals surface area contributed by atoms with E-state index in [4.69, 9.17) is 0 Å². The highest BCUT2D eigenvalue weighted by Crippen LogP contribution is 2.45. The number of H-pyrrole nitrogens is 1. The lowest BCUT2D eigenvalue weighted by Gasteiger charge is -2.37. The number of sulfone groups is 1. The van der Waals surface area contributed by atoms with Crippen LogP contribution in [-0.2, 0) is 50.1 Å². The minimum atomic E-state index is -3.68. The number of thiazole rings is 1. The van der Waals surface area contributed by atoms with Crippen molar-refractivity contribution in [3.8, 4) is 21.6 Å². The lowest BCUT2D eigenvalue weighted by atomic mass is 9.85. The first-order chi connectivity index (χ1) is 37.5. The molecule has 4 aromatic heterocycles. The summed E-state index contributed by atoms with van der Waals surface area (Å²) in [5.74, 6) is -4.17. The molecule has 0 radical (unpaired) electrons. The molecule has 3 aliphatic rings. The molecule has 9 rings (SSSR count). The van der Waals surface area contributed by atoms with Crippen molar-refractivity contribution in [3.63, 3.8) is 0 Å². The summed E-state index contributed by atoms with van der Waals surface area (Å²) in [6.07, 6.45) is 6.63. The summed E-state index contributed by atoms with van der Waals surface area (Å²) >= 11 is 1.56. The zero-order valence-corrected chi connectivity index (χ0v) is 46.8. The van der Waals surface area contributed by atoms with Gasteiger partial charge in [-0.2, -0.15) is 0 Å². The van der Waals surface area contributed by atoms with Gasteiger partial charge in [0.05, 0.1) is 52.9 Å². The Balaban J connectivity index is 0.759. The Labute approximate surface area is 461 Å². The summed E-state index contributed by atoms with van der Waals surface area (Å²) in [7, 11) is -2.10. The average Bonchev–Trinajstić information content (AvgIpc) is 4.30. The van der Waals surface area contributed by atoms with Crippen molar-refractivity contribution >= 4 is 67.2 Å². The Morgan fingerprint density at radius 3 is 2.38 bits per heavy atom. The van der Waals surface area contributed by atoms with Gasteiger partial charge in [0.25, 0.3) is 11.5 Å².